The second-order valence-electron chi connectivity index (χ2n) is 4.24. The maximum Gasteiger partial charge on any atom is 0.253 e. The first-order valence-electron chi connectivity index (χ1n) is 5.65. The van der Waals surface area contributed by atoms with E-state index in [0.717, 1.165) is 0 Å². The molecule has 1 fully saturated rings. The fourth-order valence-corrected chi connectivity index (χ4v) is 3.64. The lowest BCUT2D eigenvalue weighted by Gasteiger charge is -2.12. The van der Waals surface area contributed by atoms with Crippen LogP contribution in [0.1, 0.15) is 16.8 Å². The van der Waals surface area contributed by atoms with Crippen LogP contribution >= 0.6 is 0 Å². The summed E-state index contributed by atoms with van der Waals surface area (Å²) in [4.78, 5) is 15.9. The smallest absolute Gasteiger partial charge is 0.253 e. The first-order valence-corrected chi connectivity index (χ1v) is 7.47. The van der Waals surface area contributed by atoms with Crippen molar-refractivity contribution in [2.75, 3.05) is 23.9 Å². The molecule has 1 aliphatic heterocycles. The Kier molecular flexibility index (Phi) is 3.51. The van der Waals surface area contributed by atoms with Gasteiger partial charge in [-0.25, -0.2) is 8.42 Å². The van der Waals surface area contributed by atoms with Crippen LogP contribution in [0.25, 0.3) is 0 Å². The topological polar surface area (TPSA) is 88.2 Å². The molecule has 1 atom stereocenters. The van der Waals surface area contributed by atoms with Gasteiger partial charge in [0.2, 0.25) is 0 Å². The van der Waals surface area contributed by atoms with E-state index in [4.69, 9.17) is 0 Å². The quantitative estimate of drug-likeness (QED) is 0.809. The van der Waals surface area contributed by atoms with E-state index in [0.29, 0.717) is 17.7 Å². The lowest BCUT2D eigenvalue weighted by molar-refractivity contribution is 0.0942. The van der Waals surface area contributed by atoms with Gasteiger partial charge in [-0.1, -0.05) is 0 Å². The first-order chi connectivity index (χ1) is 8.52. The van der Waals surface area contributed by atoms with Crippen molar-refractivity contribution in [3.63, 3.8) is 0 Å². The Bertz CT molecular complexity index is 556. The minimum Gasteiger partial charge on any atom is -0.386 e. The zero-order valence-electron chi connectivity index (χ0n) is 10.0. The Hall–Kier alpha value is -1.63. The molecule has 0 aromatic carbocycles. The van der Waals surface area contributed by atoms with Gasteiger partial charge in [-0.15, -0.1) is 0 Å². The molecular weight excluding hydrogens is 254 g/mol. The summed E-state index contributed by atoms with van der Waals surface area (Å²) < 4.78 is 22.6. The number of pyridine rings is 1. The molecule has 1 amide bonds. The lowest BCUT2D eigenvalue weighted by Crippen LogP contribution is -2.35. The third-order valence-corrected chi connectivity index (χ3v) is 4.67. The van der Waals surface area contributed by atoms with Gasteiger partial charge in [0.05, 0.1) is 29.0 Å². The second kappa shape index (κ2) is 4.93. The molecule has 1 saturated heterocycles. The van der Waals surface area contributed by atoms with Crippen LogP contribution in [-0.2, 0) is 9.84 Å². The fourth-order valence-electron chi connectivity index (χ4n) is 1.96. The summed E-state index contributed by atoms with van der Waals surface area (Å²) in [6.07, 6.45) is 3.56. The Morgan fingerprint density at radius 2 is 2.28 bits per heavy atom. The summed E-state index contributed by atoms with van der Waals surface area (Å²) in [6.45, 7) is 0. The fraction of sp³-hybridized carbons (Fsp3) is 0.455. The highest BCUT2D eigenvalue weighted by molar-refractivity contribution is 7.91. The van der Waals surface area contributed by atoms with Crippen LogP contribution in [-0.4, -0.2) is 43.9 Å². The standard InChI is InChI=1S/C11H15N3O3S/c1-12-10-6-13-4-2-9(10)11(15)14-8-3-5-18(16,17)7-8/h2,4,6,8,12H,3,5,7H2,1H3,(H,14,15). The molecule has 7 heteroatoms. The molecule has 0 radical (unpaired) electrons. The van der Waals surface area contributed by atoms with Crippen molar-refractivity contribution in [2.24, 2.45) is 0 Å². The molecule has 0 spiro atoms. The van der Waals surface area contributed by atoms with Gasteiger partial charge >= 0.3 is 0 Å². The van der Waals surface area contributed by atoms with Crippen LogP contribution < -0.4 is 10.6 Å². The number of hydrogen-bond acceptors (Lipinski definition) is 5. The number of carbonyl (C=O) groups is 1. The van der Waals surface area contributed by atoms with E-state index in [1.54, 1.807) is 19.3 Å². The van der Waals surface area contributed by atoms with Crippen molar-refractivity contribution in [3.05, 3.63) is 24.0 Å². The van der Waals surface area contributed by atoms with Crippen LogP contribution in [0.15, 0.2) is 18.5 Å². The van der Waals surface area contributed by atoms with E-state index in [2.05, 4.69) is 15.6 Å². The summed E-state index contributed by atoms with van der Waals surface area (Å²) in [5.41, 5.74) is 1.09. The van der Waals surface area contributed by atoms with E-state index in [1.165, 1.54) is 6.20 Å². The highest BCUT2D eigenvalue weighted by atomic mass is 32.2. The zero-order chi connectivity index (χ0) is 13.2. The number of rotatable bonds is 3. The monoisotopic (exact) mass is 269 g/mol. The van der Waals surface area contributed by atoms with E-state index in [1.807, 2.05) is 0 Å². The number of nitrogens with zero attached hydrogens (tertiary/aromatic N) is 1. The molecular formula is C11H15N3O3S. The normalized spacial score (nSPS) is 21.5. The minimum atomic E-state index is -2.98. The van der Waals surface area contributed by atoms with Crippen LogP contribution in [0.3, 0.4) is 0 Å². The summed E-state index contributed by atoms with van der Waals surface area (Å²) in [5, 5.41) is 5.62. The SMILES string of the molecule is CNc1cnccc1C(=O)NC1CCS(=O)(=O)C1. The molecule has 2 rings (SSSR count). The van der Waals surface area contributed by atoms with Gasteiger partial charge in [0.25, 0.3) is 5.91 Å². The Morgan fingerprint density at radius 3 is 2.89 bits per heavy atom. The van der Waals surface area contributed by atoms with Crippen LogP contribution in [0, 0.1) is 0 Å². The summed E-state index contributed by atoms with van der Waals surface area (Å²) in [5.74, 6) is -0.102. The average Bonchev–Trinajstić information content (AvgIpc) is 2.68. The summed E-state index contributed by atoms with van der Waals surface area (Å²) in [7, 11) is -1.28. The van der Waals surface area contributed by atoms with Gasteiger partial charge in [0.15, 0.2) is 9.84 Å². The number of aromatic nitrogens is 1. The molecule has 6 nitrogen and oxygen atoms in total. The number of sulfone groups is 1. The largest absolute Gasteiger partial charge is 0.386 e. The van der Waals surface area contributed by atoms with Gasteiger partial charge in [-0.05, 0) is 12.5 Å². The Labute approximate surface area is 106 Å². The number of hydrogen-bond donors (Lipinski definition) is 2. The second-order valence-corrected chi connectivity index (χ2v) is 6.47. The average molecular weight is 269 g/mol. The highest BCUT2D eigenvalue weighted by Crippen LogP contribution is 2.15. The molecule has 1 aromatic heterocycles. The maximum absolute atomic E-state index is 12.0. The summed E-state index contributed by atoms with van der Waals surface area (Å²) in [6, 6.07) is 1.31. The van der Waals surface area contributed by atoms with Gasteiger partial charge in [0.1, 0.15) is 0 Å². The third-order valence-electron chi connectivity index (χ3n) is 2.90. The molecule has 1 aliphatic rings. The molecule has 0 aliphatic carbocycles. The predicted octanol–water partition coefficient (Wildman–Crippen LogP) is 0.0402. The molecule has 2 N–H and O–H groups in total. The number of amides is 1. The van der Waals surface area contributed by atoms with Crippen LogP contribution in [0.4, 0.5) is 5.69 Å². The highest BCUT2D eigenvalue weighted by Gasteiger charge is 2.29. The Balaban J connectivity index is 2.09. The molecule has 2 heterocycles. The van der Waals surface area contributed by atoms with Gasteiger partial charge in [-0.2, -0.15) is 0 Å². The van der Waals surface area contributed by atoms with E-state index in [-0.39, 0.29) is 23.5 Å². The molecule has 1 aromatic rings. The van der Waals surface area contributed by atoms with Gasteiger partial charge in [-0.3, -0.25) is 9.78 Å². The maximum atomic E-state index is 12.0. The van der Waals surface area contributed by atoms with E-state index < -0.39 is 9.84 Å². The molecule has 18 heavy (non-hydrogen) atoms. The van der Waals surface area contributed by atoms with Crippen LogP contribution in [0.2, 0.25) is 0 Å². The van der Waals surface area contributed by atoms with Gasteiger partial charge in [0, 0.05) is 19.3 Å². The van der Waals surface area contributed by atoms with Crippen molar-refractivity contribution in [2.45, 2.75) is 12.5 Å². The van der Waals surface area contributed by atoms with Crippen molar-refractivity contribution in [3.8, 4) is 0 Å². The predicted molar refractivity (Wildman–Crippen MR) is 68.3 cm³/mol. The first kappa shape index (κ1) is 12.8. The Morgan fingerprint density at radius 1 is 1.50 bits per heavy atom. The molecule has 0 bridgehead atoms. The van der Waals surface area contributed by atoms with E-state index in [9.17, 15) is 13.2 Å². The van der Waals surface area contributed by atoms with E-state index >= 15 is 0 Å². The van der Waals surface area contributed by atoms with Gasteiger partial charge < -0.3 is 10.6 Å². The van der Waals surface area contributed by atoms with Crippen molar-refractivity contribution in [1.29, 1.82) is 0 Å². The van der Waals surface area contributed by atoms with Crippen LogP contribution in [0.5, 0.6) is 0 Å². The van der Waals surface area contributed by atoms with Crippen molar-refractivity contribution >= 4 is 21.4 Å². The number of carbonyl (C=O) groups excluding carboxylic acids is 1. The number of nitrogens with one attached hydrogen (secondary N) is 2. The minimum absolute atomic E-state index is 0.0265. The third kappa shape index (κ3) is 2.79. The molecule has 0 saturated carbocycles. The molecule has 98 valence electrons. The molecule has 1 unspecified atom stereocenters. The number of anilines is 1. The van der Waals surface area contributed by atoms with Crippen molar-refractivity contribution < 1.29 is 13.2 Å². The zero-order valence-corrected chi connectivity index (χ0v) is 10.8. The van der Waals surface area contributed by atoms with Crippen molar-refractivity contribution in [1.82, 2.24) is 10.3 Å². The lowest BCUT2D eigenvalue weighted by atomic mass is 10.2. The summed E-state index contributed by atoms with van der Waals surface area (Å²) >= 11 is 0.